The summed E-state index contributed by atoms with van der Waals surface area (Å²) in [6.07, 6.45) is 2.41. The Morgan fingerprint density at radius 1 is 1.10 bits per heavy atom. The van der Waals surface area contributed by atoms with Gasteiger partial charge in [-0.05, 0) is 81.4 Å². The Labute approximate surface area is 228 Å². The number of carbonyl (C=O) groups is 2. The van der Waals surface area contributed by atoms with Gasteiger partial charge in [0.1, 0.15) is 23.3 Å². The number of aliphatic hydroxyl groups is 1. The van der Waals surface area contributed by atoms with Crippen LogP contribution >= 0.6 is 0 Å². The molecule has 0 bridgehead atoms. The van der Waals surface area contributed by atoms with Crippen LogP contribution in [0.5, 0.6) is 5.75 Å². The first-order valence-electron chi connectivity index (χ1n) is 13.9. The van der Waals surface area contributed by atoms with Crippen molar-refractivity contribution in [3.8, 4) is 16.9 Å². The van der Waals surface area contributed by atoms with Gasteiger partial charge in [0.2, 0.25) is 5.91 Å². The lowest BCUT2D eigenvalue weighted by atomic mass is 9.94. The summed E-state index contributed by atoms with van der Waals surface area (Å²) in [5.41, 5.74) is -0.412. The van der Waals surface area contributed by atoms with Crippen molar-refractivity contribution < 1.29 is 28.2 Å². The van der Waals surface area contributed by atoms with Crippen LogP contribution in [0.2, 0.25) is 0 Å². The van der Waals surface area contributed by atoms with Crippen molar-refractivity contribution in [2.75, 3.05) is 32.8 Å². The minimum Gasteiger partial charge on any atom is -0.493 e. The van der Waals surface area contributed by atoms with Gasteiger partial charge in [-0.1, -0.05) is 32.0 Å². The molecule has 0 unspecified atom stereocenters. The molecule has 2 aromatic carbocycles. The maximum atomic E-state index is 15.2. The largest absolute Gasteiger partial charge is 0.493 e. The van der Waals surface area contributed by atoms with Gasteiger partial charge in [-0.3, -0.25) is 14.9 Å². The van der Waals surface area contributed by atoms with Gasteiger partial charge in [0.05, 0.1) is 12.7 Å². The van der Waals surface area contributed by atoms with Gasteiger partial charge in [-0.15, -0.1) is 0 Å². The lowest BCUT2D eigenvalue weighted by Gasteiger charge is -2.36. The van der Waals surface area contributed by atoms with Crippen LogP contribution in [-0.4, -0.2) is 72.4 Å². The van der Waals surface area contributed by atoms with E-state index < -0.39 is 35.4 Å². The third kappa shape index (κ3) is 7.21. The Morgan fingerprint density at radius 3 is 2.46 bits per heavy atom. The zero-order chi connectivity index (χ0) is 28.0. The molecule has 0 aliphatic carbocycles. The fourth-order valence-electron chi connectivity index (χ4n) is 5.33. The number of piperidine rings is 1. The number of benzene rings is 2. The van der Waals surface area contributed by atoms with E-state index in [1.807, 2.05) is 13.8 Å². The van der Waals surface area contributed by atoms with E-state index in [2.05, 4.69) is 15.5 Å². The first-order valence-corrected chi connectivity index (χ1v) is 13.9. The number of hydrogen-bond acceptors (Lipinski definition) is 6. The van der Waals surface area contributed by atoms with Crippen molar-refractivity contribution in [3.05, 3.63) is 53.8 Å². The molecule has 2 aromatic rings. The quantitative estimate of drug-likeness (QED) is 0.391. The van der Waals surface area contributed by atoms with E-state index in [9.17, 15) is 19.1 Å². The zero-order valence-electron chi connectivity index (χ0n) is 22.7. The normalized spacial score (nSPS) is 20.6. The number of carbonyl (C=O) groups excluding carboxylic acids is 2. The van der Waals surface area contributed by atoms with Crippen LogP contribution in [0.3, 0.4) is 0 Å². The molecule has 7 nitrogen and oxygen atoms in total. The molecule has 0 aromatic heterocycles. The van der Waals surface area contributed by atoms with Gasteiger partial charge >= 0.3 is 0 Å². The summed E-state index contributed by atoms with van der Waals surface area (Å²) < 4.78 is 35.9. The average molecular weight is 544 g/mol. The fourth-order valence-corrected chi connectivity index (χ4v) is 5.33. The highest BCUT2D eigenvalue weighted by Crippen LogP contribution is 2.30. The molecular weight excluding hydrogens is 504 g/mol. The molecule has 2 aliphatic heterocycles. The monoisotopic (exact) mass is 543 g/mol. The summed E-state index contributed by atoms with van der Waals surface area (Å²) >= 11 is 0. The van der Waals surface area contributed by atoms with Crippen molar-refractivity contribution in [2.45, 2.75) is 63.8 Å². The summed E-state index contributed by atoms with van der Waals surface area (Å²) in [5.74, 6) is -1.10. The molecule has 9 heteroatoms. The maximum Gasteiger partial charge on any atom is 0.258 e. The molecule has 0 spiro atoms. The molecule has 39 heavy (non-hydrogen) atoms. The summed E-state index contributed by atoms with van der Waals surface area (Å²) in [6.45, 7) is 6.84. The molecule has 4 rings (SSSR count). The molecule has 2 atom stereocenters. The molecule has 0 radical (unpaired) electrons. The first-order chi connectivity index (χ1) is 18.7. The number of imide groups is 1. The van der Waals surface area contributed by atoms with E-state index in [1.165, 1.54) is 12.1 Å². The summed E-state index contributed by atoms with van der Waals surface area (Å²) in [4.78, 5) is 27.5. The highest BCUT2D eigenvalue weighted by molar-refractivity contribution is 6.09. The third-order valence-electron chi connectivity index (χ3n) is 8.08. The highest BCUT2D eigenvalue weighted by Gasteiger charge is 2.33. The van der Waals surface area contributed by atoms with Crippen LogP contribution in [0.15, 0.2) is 42.5 Å². The van der Waals surface area contributed by atoms with E-state index in [4.69, 9.17) is 4.74 Å². The molecule has 2 amide bonds. The van der Waals surface area contributed by atoms with Crippen molar-refractivity contribution >= 4 is 11.8 Å². The number of halogens is 2. The van der Waals surface area contributed by atoms with Crippen LogP contribution in [-0.2, 0) is 4.79 Å². The minimum atomic E-state index is -1.13. The number of ether oxygens (including phenoxy) is 1. The molecule has 2 saturated heterocycles. The SMILES string of the molecule is CCC(F)(CC)CN1CCC(COc2ccc(-c3ccccc3C(=O)NC(=O)[C@H]3NCC[C@@H]3O)c(F)c2)CC1. The molecule has 2 fully saturated rings. The Bertz CT molecular complexity index is 1150. The van der Waals surface area contributed by atoms with Crippen LogP contribution in [0.4, 0.5) is 8.78 Å². The molecule has 2 heterocycles. The van der Waals surface area contributed by atoms with Crippen LogP contribution in [0, 0.1) is 11.7 Å². The number of nitrogens with one attached hydrogen (secondary N) is 2. The van der Waals surface area contributed by atoms with Crippen LogP contribution < -0.4 is 15.4 Å². The Kier molecular flexibility index (Phi) is 9.69. The minimum absolute atomic E-state index is 0.154. The lowest BCUT2D eigenvalue weighted by molar-refractivity contribution is -0.123. The Balaban J connectivity index is 1.35. The van der Waals surface area contributed by atoms with E-state index >= 15 is 4.39 Å². The standard InChI is InChI=1S/C30H39F2N3O4/c1-3-30(32,4-2)19-35-15-12-20(13-16-35)18-39-21-9-10-23(25(31)17-21)22-7-5-6-8-24(22)28(37)34-29(38)27-26(36)11-14-33-27/h5-10,17,20,26-27,33,36H,3-4,11-16,18-19H2,1-2H3,(H,34,37,38)/t26-,27-/m0/s1. The van der Waals surface area contributed by atoms with Gasteiger partial charge in [0.15, 0.2) is 0 Å². The number of alkyl halides is 1. The van der Waals surface area contributed by atoms with Gasteiger partial charge in [-0.2, -0.15) is 0 Å². The van der Waals surface area contributed by atoms with E-state index in [0.29, 0.717) is 56.2 Å². The van der Waals surface area contributed by atoms with E-state index in [0.717, 1.165) is 25.9 Å². The van der Waals surface area contributed by atoms with E-state index in [-0.39, 0.29) is 11.1 Å². The van der Waals surface area contributed by atoms with Gasteiger partial charge in [-0.25, -0.2) is 8.78 Å². The van der Waals surface area contributed by atoms with Gasteiger partial charge in [0.25, 0.3) is 5.91 Å². The lowest BCUT2D eigenvalue weighted by Crippen LogP contribution is -2.47. The summed E-state index contributed by atoms with van der Waals surface area (Å²) in [5, 5.41) is 15.1. The maximum absolute atomic E-state index is 15.2. The van der Waals surface area contributed by atoms with Crippen molar-refractivity contribution in [3.63, 3.8) is 0 Å². The van der Waals surface area contributed by atoms with Gasteiger partial charge in [0, 0.05) is 23.7 Å². The van der Waals surface area contributed by atoms with Gasteiger partial charge < -0.3 is 20.1 Å². The second kappa shape index (κ2) is 13.0. The second-order valence-corrected chi connectivity index (χ2v) is 10.7. The first kappa shape index (κ1) is 29.1. The van der Waals surface area contributed by atoms with Crippen molar-refractivity contribution in [1.29, 1.82) is 0 Å². The number of amides is 2. The summed E-state index contributed by atoms with van der Waals surface area (Å²) in [7, 11) is 0. The number of likely N-dealkylation sites (tertiary alicyclic amines) is 1. The van der Waals surface area contributed by atoms with Crippen LogP contribution in [0.1, 0.15) is 56.3 Å². The number of hydrogen-bond donors (Lipinski definition) is 3. The Hall–Kier alpha value is -2.88. The smallest absolute Gasteiger partial charge is 0.258 e. The number of rotatable bonds is 10. The number of nitrogens with zero attached hydrogens (tertiary/aromatic N) is 1. The second-order valence-electron chi connectivity index (χ2n) is 10.7. The molecular formula is C30H39F2N3O4. The molecule has 0 saturated carbocycles. The third-order valence-corrected chi connectivity index (χ3v) is 8.08. The average Bonchev–Trinajstić information content (AvgIpc) is 3.38. The topological polar surface area (TPSA) is 90.9 Å². The summed E-state index contributed by atoms with van der Waals surface area (Å²) in [6, 6.07) is 10.2. The Morgan fingerprint density at radius 2 is 1.82 bits per heavy atom. The fraction of sp³-hybridized carbons (Fsp3) is 0.533. The highest BCUT2D eigenvalue weighted by atomic mass is 19.1. The molecule has 212 valence electrons. The zero-order valence-corrected chi connectivity index (χ0v) is 22.7. The number of aliphatic hydroxyl groups excluding tert-OH is 1. The van der Waals surface area contributed by atoms with Crippen molar-refractivity contribution in [2.24, 2.45) is 5.92 Å². The predicted molar refractivity (Wildman–Crippen MR) is 146 cm³/mol. The molecule has 2 aliphatic rings. The molecule has 3 N–H and O–H groups in total. The van der Waals surface area contributed by atoms with Crippen molar-refractivity contribution in [1.82, 2.24) is 15.5 Å². The van der Waals surface area contributed by atoms with Crippen LogP contribution in [0.25, 0.3) is 11.1 Å². The van der Waals surface area contributed by atoms with E-state index in [1.54, 1.807) is 30.3 Å². The predicted octanol–water partition coefficient (Wildman–Crippen LogP) is 4.09.